The molecule has 0 fully saturated rings. The van der Waals surface area contributed by atoms with E-state index in [1.165, 1.54) is 25.6 Å². The third-order valence-corrected chi connectivity index (χ3v) is 4.69. The van der Waals surface area contributed by atoms with E-state index in [0.29, 0.717) is 17.5 Å². The van der Waals surface area contributed by atoms with Gasteiger partial charge in [-0.2, -0.15) is 0 Å². The fourth-order valence-corrected chi connectivity index (χ4v) is 2.94. The van der Waals surface area contributed by atoms with Crippen LogP contribution in [0.5, 0.6) is 0 Å². The number of ether oxygens (including phenoxy) is 1. The van der Waals surface area contributed by atoms with Crippen molar-refractivity contribution in [3.05, 3.63) is 59.7 Å². The first-order valence-electron chi connectivity index (χ1n) is 8.84. The molecule has 2 aromatic carbocycles. The molecule has 0 saturated carbocycles. The van der Waals surface area contributed by atoms with Gasteiger partial charge in [-0.1, -0.05) is 23.8 Å². The van der Waals surface area contributed by atoms with Crippen LogP contribution in [0.15, 0.2) is 63.5 Å². The monoisotopic (exact) mass is 415 g/mol. The summed E-state index contributed by atoms with van der Waals surface area (Å²) in [4.78, 5) is 41.1. The zero-order valence-electron chi connectivity index (χ0n) is 16.2. The average Bonchev–Trinajstić information content (AvgIpc) is 2.72. The molecule has 0 heterocycles. The number of esters is 1. The first-order chi connectivity index (χ1) is 13.8. The molecule has 29 heavy (non-hydrogen) atoms. The Morgan fingerprint density at radius 1 is 0.966 bits per heavy atom. The number of carbonyl (C=O) groups is 3. The molecule has 7 nitrogen and oxygen atoms in total. The predicted molar refractivity (Wildman–Crippen MR) is 108 cm³/mol. The van der Waals surface area contributed by atoms with Crippen LogP contribution < -0.4 is 0 Å². The van der Waals surface area contributed by atoms with Gasteiger partial charge in [0.25, 0.3) is 0 Å². The molecule has 0 aliphatic rings. The Hall–Kier alpha value is -2.97. The molecule has 2 aromatic rings. The molecule has 1 N–H and O–H groups in total. The van der Waals surface area contributed by atoms with Gasteiger partial charge in [-0.25, -0.2) is 9.59 Å². The minimum absolute atomic E-state index is 0.0799. The van der Waals surface area contributed by atoms with E-state index in [9.17, 15) is 19.5 Å². The number of ketones is 1. The molecule has 0 radical (unpaired) electrons. The molecule has 8 heteroatoms. The normalized spacial score (nSPS) is 12.2. The molecule has 2 rings (SSSR count). The molecule has 0 aliphatic heterocycles. The molecule has 152 valence electrons. The van der Waals surface area contributed by atoms with Crippen molar-refractivity contribution in [2.24, 2.45) is 5.16 Å². The Morgan fingerprint density at radius 2 is 1.48 bits per heavy atom. The number of nitrogens with zero attached hydrogens (tertiary/aromatic N) is 1. The minimum atomic E-state index is -1.11. The number of oxime groups is 1. The molecule has 0 amide bonds. The van der Waals surface area contributed by atoms with Crippen LogP contribution in [0.25, 0.3) is 0 Å². The fourth-order valence-electron chi connectivity index (χ4n) is 2.13. The molecular weight excluding hydrogens is 394 g/mol. The first kappa shape index (κ1) is 22.3. The fraction of sp³-hybridized carbons (Fsp3) is 0.238. The number of hydrogen-bond donors (Lipinski definition) is 1. The quantitative estimate of drug-likeness (QED) is 0.174. The summed E-state index contributed by atoms with van der Waals surface area (Å²) in [6, 6.07) is 13.7. The van der Waals surface area contributed by atoms with E-state index in [1.807, 2.05) is 0 Å². The Kier molecular flexibility index (Phi) is 8.11. The maximum atomic E-state index is 12.2. The first-order valence-corrected chi connectivity index (χ1v) is 9.65. The average molecular weight is 415 g/mol. The van der Waals surface area contributed by atoms with Crippen molar-refractivity contribution in [2.75, 3.05) is 0 Å². The maximum Gasteiger partial charge on any atom is 0.340 e. The van der Waals surface area contributed by atoms with Crippen molar-refractivity contribution in [2.45, 2.75) is 43.3 Å². The SMILES string of the molecule is CCC(O)OC(=O)c1ccc(Sc2ccc(C(=O)C(C)=NOC(C)=O)cc2)cc1. The summed E-state index contributed by atoms with van der Waals surface area (Å²) in [6.07, 6.45) is -0.784. The van der Waals surface area contributed by atoms with Gasteiger partial charge in [0.15, 0.2) is 0 Å². The van der Waals surface area contributed by atoms with Gasteiger partial charge in [0, 0.05) is 28.7 Å². The zero-order valence-corrected chi connectivity index (χ0v) is 17.1. The Balaban J connectivity index is 2.01. The Labute approximate surface area is 172 Å². The molecule has 0 aromatic heterocycles. The van der Waals surface area contributed by atoms with Crippen LogP contribution >= 0.6 is 11.8 Å². The van der Waals surface area contributed by atoms with E-state index in [1.54, 1.807) is 55.5 Å². The summed E-state index contributed by atoms with van der Waals surface area (Å²) in [5.41, 5.74) is 0.858. The topological polar surface area (TPSA) is 102 Å². The van der Waals surface area contributed by atoms with Crippen LogP contribution in [-0.2, 0) is 14.4 Å². The lowest BCUT2D eigenvalue weighted by Gasteiger charge is -2.10. The summed E-state index contributed by atoms with van der Waals surface area (Å²) in [7, 11) is 0. The van der Waals surface area contributed by atoms with Crippen LogP contribution in [0.1, 0.15) is 47.9 Å². The predicted octanol–water partition coefficient (Wildman–Crippen LogP) is 3.84. The van der Waals surface area contributed by atoms with E-state index in [0.717, 1.165) is 9.79 Å². The van der Waals surface area contributed by atoms with Crippen LogP contribution in [0.4, 0.5) is 0 Å². The van der Waals surface area contributed by atoms with Gasteiger partial charge in [-0.15, -0.1) is 0 Å². The van der Waals surface area contributed by atoms with Crippen LogP contribution in [0.2, 0.25) is 0 Å². The van der Waals surface area contributed by atoms with E-state index in [4.69, 9.17) is 4.74 Å². The number of Topliss-reactive ketones (excluding diaryl/α,β-unsaturated/α-hetero) is 1. The molecule has 0 bridgehead atoms. The molecule has 0 spiro atoms. The number of aliphatic hydroxyl groups excluding tert-OH is 1. The molecule has 0 aliphatic carbocycles. The number of hydrogen-bond acceptors (Lipinski definition) is 8. The molecular formula is C21H21NO6S. The van der Waals surface area contributed by atoms with Gasteiger partial charge in [-0.05, 0) is 55.5 Å². The minimum Gasteiger partial charge on any atom is -0.432 e. The van der Waals surface area contributed by atoms with Gasteiger partial charge in [-0.3, -0.25) is 4.79 Å². The van der Waals surface area contributed by atoms with Gasteiger partial charge in [0.2, 0.25) is 12.1 Å². The van der Waals surface area contributed by atoms with Crippen molar-refractivity contribution in [3.8, 4) is 0 Å². The number of rotatable bonds is 8. The van der Waals surface area contributed by atoms with Gasteiger partial charge < -0.3 is 14.7 Å². The van der Waals surface area contributed by atoms with E-state index in [-0.39, 0.29) is 11.5 Å². The van der Waals surface area contributed by atoms with E-state index < -0.39 is 18.2 Å². The van der Waals surface area contributed by atoms with Gasteiger partial charge in [0.1, 0.15) is 5.71 Å². The van der Waals surface area contributed by atoms with Crippen LogP contribution in [0.3, 0.4) is 0 Å². The summed E-state index contributed by atoms with van der Waals surface area (Å²) >= 11 is 1.46. The second kappa shape index (κ2) is 10.5. The lowest BCUT2D eigenvalue weighted by Crippen LogP contribution is -2.16. The van der Waals surface area contributed by atoms with Crippen molar-refractivity contribution in [3.63, 3.8) is 0 Å². The van der Waals surface area contributed by atoms with Crippen molar-refractivity contribution >= 4 is 35.2 Å². The Morgan fingerprint density at radius 3 is 1.97 bits per heavy atom. The van der Waals surface area contributed by atoms with Gasteiger partial charge in [0.05, 0.1) is 5.56 Å². The lowest BCUT2D eigenvalue weighted by atomic mass is 10.1. The highest BCUT2D eigenvalue weighted by molar-refractivity contribution is 7.99. The van der Waals surface area contributed by atoms with Crippen molar-refractivity contribution < 1.29 is 29.1 Å². The Bertz CT molecular complexity index is 906. The van der Waals surface area contributed by atoms with Crippen LogP contribution in [0, 0.1) is 0 Å². The maximum absolute atomic E-state index is 12.2. The molecule has 1 unspecified atom stereocenters. The van der Waals surface area contributed by atoms with Gasteiger partial charge >= 0.3 is 11.9 Å². The lowest BCUT2D eigenvalue weighted by molar-refractivity contribution is -0.140. The number of carbonyl (C=O) groups excluding carboxylic acids is 3. The van der Waals surface area contributed by atoms with Crippen molar-refractivity contribution in [1.29, 1.82) is 0 Å². The molecule has 0 saturated heterocycles. The zero-order chi connectivity index (χ0) is 21.4. The third-order valence-electron chi connectivity index (χ3n) is 3.67. The number of aliphatic hydroxyl groups is 1. The standard InChI is InChI=1S/C21H21NO6S/c1-4-19(24)27-21(26)16-7-11-18(12-8-16)29-17-9-5-15(6-10-17)20(25)13(2)22-28-14(3)23/h5-12,19,24H,4H2,1-3H3. The van der Waals surface area contributed by atoms with Crippen LogP contribution in [-0.4, -0.2) is 34.8 Å². The van der Waals surface area contributed by atoms with E-state index in [2.05, 4.69) is 9.99 Å². The highest BCUT2D eigenvalue weighted by Crippen LogP contribution is 2.28. The highest BCUT2D eigenvalue weighted by atomic mass is 32.2. The molecule has 1 atom stereocenters. The largest absolute Gasteiger partial charge is 0.432 e. The van der Waals surface area contributed by atoms with Crippen molar-refractivity contribution in [1.82, 2.24) is 0 Å². The summed E-state index contributed by atoms with van der Waals surface area (Å²) < 4.78 is 4.87. The third kappa shape index (κ3) is 6.85. The number of benzene rings is 2. The smallest absolute Gasteiger partial charge is 0.340 e. The second-order valence-corrected chi connectivity index (χ2v) is 7.15. The highest BCUT2D eigenvalue weighted by Gasteiger charge is 2.13. The van der Waals surface area contributed by atoms with E-state index >= 15 is 0 Å². The summed E-state index contributed by atoms with van der Waals surface area (Å²) in [5.74, 6) is -1.51. The second-order valence-electron chi connectivity index (χ2n) is 6.01. The summed E-state index contributed by atoms with van der Waals surface area (Å²) in [5, 5.41) is 12.9. The summed E-state index contributed by atoms with van der Waals surface area (Å²) in [6.45, 7) is 4.39.